The third-order valence-electron chi connectivity index (χ3n) is 2.04. The van der Waals surface area contributed by atoms with Crippen molar-refractivity contribution in [3.05, 3.63) is 36.3 Å². The number of rotatable bonds is 3. The zero-order valence-corrected chi connectivity index (χ0v) is 8.33. The maximum Gasteiger partial charge on any atom is 0.165 e. The van der Waals surface area contributed by atoms with E-state index in [1.165, 1.54) is 6.07 Å². The van der Waals surface area contributed by atoms with Crippen molar-refractivity contribution < 1.29 is 9.13 Å². The zero-order chi connectivity index (χ0) is 10.7. The van der Waals surface area contributed by atoms with Crippen LogP contribution in [0.15, 0.2) is 30.5 Å². The summed E-state index contributed by atoms with van der Waals surface area (Å²) in [5.41, 5.74) is 1.55. The van der Waals surface area contributed by atoms with E-state index in [0.717, 1.165) is 11.3 Å². The molecule has 1 aromatic heterocycles. The molecule has 3 nitrogen and oxygen atoms in total. The van der Waals surface area contributed by atoms with Gasteiger partial charge in [0.05, 0.1) is 12.3 Å². The second-order valence-corrected chi connectivity index (χ2v) is 3.05. The minimum Gasteiger partial charge on any atom is -0.491 e. The van der Waals surface area contributed by atoms with Crippen molar-refractivity contribution >= 4 is 0 Å². The van der Waals surface area contributed by atoms with Crippen LogP contribution >= 0.6 is 0 Å². The van der Waals surface area contributed by atoms with Crippen molar-refractivity contribution in [3.8, 4) is 17.0 Å². The van der Waals surface area contributed by atoms with Gasteiger partial charge in [0.15, 0.2) is 11.6 Å². The Kier molecular flexibility index (Phi) is 2.67. The molecule has 15 heavy (non-hydrogen) atoms. The molecule has 0 unspecified atom stereocenters. The molecule has 0 aliphatic rings. The summed E-state index contributed by atoms with van der Waals surface area (Å²) in [5, 5.41) is 6.58. The maximum absolute atomic E-state index is 13.5. The molecule has 0 radical (unpaired) electrons. The highest BCUT2D eigenvalue weighted by molar-refractivity contribution is 5.59. The molecule has 1 heterocycles. The first-order chi connectivity index (χ1) is 7.31. The van der Waals surface area contributed by atoms with E-state index < -0.39 is 0 Å². The molecule has 4 heteroatoms. The van der Waals surface area contributed by atoms with Crippen LogP contribution in [0.2, 0.25) is 0 Å². The summed E-state index contributed by atoms with van der Waals surface area (Å²) in [6.45, 7) is 2.28. The van der Waals surface area contributed by atoms with Gasteiger partial charge in [-0.3, -0.25) is 5.10 Å². The van der Waals surface area contributed by atoms with E-state index in [4.69, 9.17) is 4.74 Å². The summed E-state index contributed by atoms with van der Waals surface area (Å²) in [7, 11) is 0. The lowest BCUT2D eigenvalue weighted by Crippen LogP contribution is -1.94. The molecule has 0 saturated carbocycles. The van der Waals surface area contributed by atoms with Crippen LogP contribution in [0.1, 0.15) is 6.92 Å². The number of hydrogen-bond donors (Lipinski definition) is 1. The third-order valence-corrected chi connectivity index (χ3v) is 2.04. The Morgan fingerprint density at radius 1 is 1.40 bits per heavy atom. The lowest BCUT2D eigenvalue weighted by molar-refractivity contribution is 0.321. The van der Waals surface area contributed by atoms with Crippen LogP contribution in [-0.4, -0.2) is 16.8 Å². The molecule has 0 spiro atoms. The Morgan fingerprint density at radius 3 is 2.87 bits per heavy atom. The molecule has 1 N–H and O–H groups in total. The maximum atomic E-state index is 13.5. The van der Waals surface area contributed by atoms with Gasteiger partial charge in [0.2, 0.25) is 0 Å². The molecule has 0 fully saturated rings. The molecule has 0 aliphatic heterocycles. The zero-order valence-electron chi connectivity index (χ0n) is 8.33. The minimum atomic E-state index is -0.357. The standard InChI is InChI=1S/C11H11FN2O/c1-2-15-11-4-3-8(7-9(11)12)10-5-6-13-14-10/h3-7H,2H2,1H3,(H,13,14). The number of benzene rings is 1. The monoisotopic (exact) mass is 206 g/mol. The Labute approximate surface area is 86.9 Å². The predicted molar refractivity (Wildman–Crippen MR) is 55.2 cm³/mol. The van der Waals surface area contributed by atoms with Crippen LogP contribution in [0.5, 0.6) is 5.75 Å². The van der Waals surface area contributed by atoms with Crippen LogP contribution < -0.4 is 4.74 Å². The number of H-pyrrole nitrogens is 1. The highest BCUT2D eigenvalue weighted by Crippen LogP contribution is 2.23. The van der Waals surface area contributed by atoms with Gasteiger partial charge >= 0.3 is 0 Å². The Hall–Kier alpha value is -1.84. The normalized spacial score (nSPS) is 10.3. The SMILES string of the molecule is CCOc1ccc(-c2ccn[nH]2)cc1F. The minimum absolute atomic E-state index is 0.278. The topological polar surface area (TPSA) is 37.9 Å². The molecular formula is C11H11FN2O. The molecule has 0 aliphatic carbocycles. The van der Waals surface area contributed by atoms with Gasteiger partial charge in [-0.05, 0) is 31.2 Å². The van der Waals surface area contributed by atoms with Crippen molar-refractivity contribution in [2.75, 3.05) is 6.61 Å². The first kappa shape index (κ1) is 9.71. The summed E-state index contributed by atoms with van der Waals surface area (Å²) < 4.78 is 18.6. The molecule has 0 amide bonds. The highest BCUT2D eigenvalue weighted by Gasteiger charge is 2.05. The second-order valence-electron chi connectivity index (χ2n) is 3.05. The van der Waals surface area contributed by atoms with Crippen LogP contribution in [0.4, 0.5) is 4.39 Å². The van der Waals surface area contributed by atoms with Gasteiger partial charge in [-0.2, -0.15) is 5.10 Å². The number of halogens is 1. The summed E-state index contributed by atoms with van der Waals surface area (Å²) >= 11 is 0. The molecular weight excluding hydrogens is 195 g/mol. The van der Waals surface area contributed by atoms with Crippen LogP contribution in [0.3, 0.4) is 0 Å². The molecule has 2 rings (SSSR count). The Bertz CT molecular complexity index is 440. The van der Waals surface area contributed by atoms with Gasteiger partial charge < -0.3 is 4.74 Å². The number of hydrogen-bond acceptors (Lipinski definition) is 2. The fourth-order valence-corrected chi connectivity index (χ4v) is 1.36. The van der Waals surface area contributed by atoms with E-state index in [0.29, 0.717) is 6.61 Å². The van der Waals surface area contributed by atoms with E-state index in [1.54, 1.807) is 24.4 Å². The van der Waals surface area contributed by atoms with Crippen LogP contribution in [0, 0.1) is 5.82 Å². The molecule has 0 atom stereocenters. The Morgan fingerprint density at radius 2 is 2.27 bits per heavy atom. The summed E-state index contributed by atoms with van der Waals surface area (Å²) in [6.07, 6.45) is 1.63. The van der Waals surface area contributed by atoms with Gasteiger partial charge in [0.1, 0.15) is 0 Å². The van der Waals surface area contributed by atoms with Crippen molar-refractivity contribution in [3.63, 3.8) is 0 Å². The van der Waals surface area contributed by atoms with Crippen molar-refractivity contribution in [1.29, 1.82) is 0 Å². The highest BCUT2D eigenvalue weighted by atomic mass is 19.1. The Balaban J connectivity index is 2.33. The van der Waals surface area contributed by atoms with E-state index in [1.807, 2.05) is 6.92 Å². The summed E-state index contributed by atoms with van der Waals surface area (Å²) in [5.74, 6) is -0.0790. The lowest BCUT2D eigenvalue weighted by Gasteiger charge is -2.05. The largest absolute Gasteiger partial charge is 0.491 e. The van der Waals surface area contributed by atoms with Gasteiger partial charge in [0, 0.05) is 11.8 Å². The molecule has 0 bridgehead atoms. The molecule has 2 aromatic rings. The predicted octanol–water partition coefficient (Wildman–Crippen LogP) is 2.61. The number of nitrogens with one attached hydrogen (secondary N) is 1. The first-order valence-electron chi connectivity index (χ1n) is 4.73. The fourth-order valence-electron chi connectivity index (χ4n) is 1.36. The number of ether oxygens (including phenoxy) is 1. The summed E-state index contributed by atoms with van der Waals surface area (Å²) in [4.78, 5) is 0. The second kappa shape index (κ2) is 4.13. The molecule has 1 aromatic carbocycles. The first-order valence-corrected chi connectivity index (χ1v) is 4.73. The van der Waals surface area contributed by atoms with Crippen molar-refractivity contribution in [1.82, 2.24) is 10.2 Å². The van der Waals surface area contributed by atoms with Gasteiger partial charge in [-0.25, -0.2) is 4.39 Å². The van der Waals surface area contributed by atoms with Crippen molar-refractivity contribution in [2.45, 2.75) is 6.92 Å². The molecule has 0 saturated heterocycles. The van der Waals surface area contributed by atoms with E-state index in [-0.39, 0.29) is 11.6 Å². The molecule has 78 valence electrons. The van der Waals surface area contributed by atoms with Crippen LogP contribution in [-0.2, 0) is 0 Å². The fraction of sp³-hybridized carbons (Fsp3) is 0.182. The quantitative estimate of drug-likeness (QED) is 0.838. The smallest absolute Gasteiger partial charge is 0.165 e. The summed E-state index contributed by atoms with van der Waals surface area (Å²) in [6, 6.07) is 6.63. The van der Waals surface area contributed by atoms with Crippen LogP contribution in [0.25, 0.3) is 11.3 Å². The number of aromatic nitrogens is 2. The van der Waals surface area contributed by atoms with E-state index in [9.17, 15) is 4.39 Å². The van der Waals surface area contributed by atoms with E-state index >= 15 is 0 Å². The van der Waals surface area contributed by atoms with Gasteiger partial charge in [-0.15, -0.1) is 0 Å². The van der Waals surface area contributed by atoms with Gasteiger partial charge in [-0.1, -0.05) is 0 Å². The van der Waals surface area contributed by atoms with Crippen molar-refractivity contribution in [2.24, 2.45) is 0 Å². The number of nitrogens with zero attached hydrogens (tertiary/aromatic N) is 1. The average Bonchev–Trinajstić information content (AvgIpc) is 2.74. The lowest BCUT2D eigenvalue weighted by atomic mass is 10.1. The average molecular weight is 206 g/mol. The van der Waals surface area contributed by atoms with E-state index in [2.05, 4.69) is 10.2 Å². The number of aromatic amines is 1. The van der Waals surface area contributed by atoms with Gasteiger partial charge in [0.25, 0.3) is 0 Å². The third kappa shape index (κ3) is 1.98.